The van der Waals surface area contributed by atoms with Gasteiger partial charge in [0.05, 0.1) is 0 Å². The Bertz CT molecular complexity index is 696. The van der Waals surface area contributed by atoms with Gasteiger partial charge in [-0.2, -0.15) is 5.10 Å². The number of benzene rings is 1. The molecule has 0 bridgehead atoms. The summed E-state index contributed by atoms with van der Waals surface area (Å²) in [6.07, 6.45) is 1.96. The summed E-state index contributed by atoms with van der Waals surface area (Å²) in [5.41, 5.74) is 0.197. The lowest BCUT2D eigenvalue weighted by Gasteiger charge is -2.36. The van der Waals surface area contributed by atoms with E-state index in [9.17, 15) is 4.79 Å². The van der Waals surface area contributed by atoms with Crippen molar-refractivity contribution in [3.05, 3.63) is 36.2 Å². The number of rotatable bonds is 4. The highest BCUT2D eigenvalue weighted by atomic mass is 16.5. The van der Waals surface area contributed by atoms with E-state index in [1.165, 1.54) is 0 Å². The van der Waals surface area contributed by atoms with Crippen molar-refractivity contribution in [2.24, 2.45) is 0 Å². The maximum absolute atomic E-state index is 12.6. The lowest BCUT2D eigenvalue weighted by molar-refractivity contribution is -0.152. The molecule has 24 heavy (non-hydrogen) atoms. The quantitative estimate of drug-likeness (QED) is 0.936. The molecule has 1 aromatic heterocycles. The number of aromatic amines is 1. The molecule has 2 aromatic rings. The van der Waals surface area contributed by atoms with E-state index in [4.69, 9.17) is 4.74 Å². The number of aromatic nitrogens is 3. The van der Waals surface area contributed by atoms with Gasteiger partial charge in [-0.1, -0.05) is 30.3 Å². The fraction of sp³-hybridized carbons (Fsp3) is 0.500. The molecule has 6 heteroatoms. The minimum Gasteiger partial charge on any atom is -0.369 e. The van der Waals surface area contributed by atoms with Crippen molar-refractivity contribution < 1.29 is 9.53 Å². The van der Waals surface area contributed by atoms with Crippen LogP contribution in [0, 0.1) is 0 Å². The second-order valence-electron chi connectivity index (χ2n) is 6.72. The molecule has 0 spiro atoms. The maximum Gasteiger partial charge on any atom is 0.254 e. The predicted molar refractivity (Wildman–Crippen MR) is 91.5 cm³/mol. The van der Waals surface area contributed by atoms with Gasteiger partial charge in [-0.05, 0) is 26.7 Å². The standard InChI is InChI=1S/C18H24N4O2/c1-18(2,24-3)17(23)22-11-7-10-14(12-22)16-19-15(20-21-16)13-8-5-4-6-9-13/h4-6,8-9,14H,7,10-12H2,1-3H3,(H,19,20,21)/t14-/m1/s1. The fourth-order valence-corrected chi connectivity index (χ4v) is 3.03. The number of carbonyl (C=O) groups excluding carboxylic acids is 1. The van der Waals surface area contributed by atoms with Gasteiger partial charge < -0.3 is 9.64 Å². The number of nitrogens with one attached hydrogen (secondary N) is 1. The van der Waals surface area contributed by atoms with Crippen molar-refractivity contribution in [2.45, 2.75) is 38.2 Å². The molecule has 1 aliphatic heterocycles. The van der Waals surface area contributed by atoms with Gasteiger partial charge in [0.15, 0.2) is 5.82 Å². The molecule has 0 saturated carbocycles. The smallest absolute Gasteiger partial charge is 0.254 e. The normalized spacial score (nSPS) is 18.6. The van der Waals surface area contributed by atoms with Crippen LogP contribution in [0.1, 0.15) is 38.4 Å². The van der Waals surface area contributed by atoms with E-state index in [2.05, 4.69) is 15.2 Å². The van der Waals surface area contributed by atoms with Crippen LogP contribution in [-0.4, -0.2) is 51.8 Å². The van der Waals surface area contributed by atoms with Crippen molar-refractivity contribution in [1.82, 2.24) is 20.1 Å². The fourth-order valence-electron chi connectivity index (χ4n) is 3.03. The van der Waals surface area contributed by atoms with Gasteiger partial charge in [-0.3, -0.25) is 9.89 Å². The SMILES string of the molecule is COC(C)(C)C(=O)N1CCC[C@@H](c2nc(-c3ccccc3)n[nH]2)C1. The molecule has 128 valence electrons. The molecule has 1 amide bonds. The van der Waals surface area contributed by atoms with Gasteiger partial charge in [0, 0.05) is 31.7 Å². The zero-order chi connectivity index (χ0) is 17.2. The summed E-state index contributed by atoms with van der Waals surface area (Å²) >= 11 is 0. The topological polar surface area (TPSA) is 71.1 Å². The van der Waals surface area contributed by atoms with Gasteiger partial charge in [0.25, 0.3) is 5.91 Å². The van der Waals surface area contributed by atoms with Crippen molar-refractivity contribution >= 4 is 5.91 Å². The second kappa shape index (κ2) is 6.73. The van der Waals surface area contributed by atoms with Crippen molar-refractivity contribution in [1.29, 1.82) is 0 Å². The van der Waals surface area contributed by atoms with Crippen LogP contribution in [0.25, 0.3) is 11.4 Å². The van der Waals surface area contributed by atoms with Crippen molar-refractivity contribution in [3.63, 3.8) is 0 Å². The Kier molecular flexibility index (Phi) is 4.66. The minimum atomic E-state index is -0.793. The molecule has 1 atom stereocenters. The predicted octanol–water partition coefficient (Wildman–Crippen LogP) is 2.60. The van der Waals surface area contributed by atoms with Crippen LogP contribution in [0.15, 0.2) is 30.3 Å². The third-order valence-electron chi connectivity index (χ3n) is 4.66. The number of hydrogen-bond donors (Lipinski definition) is 1. The van der Waals surface area contributed by atoms with Crippen LogP contribution < -0.4 is 0 Å². The van der Waals surface area contributed by atoms with E-state index in [1.807, 2.05) is 35.2 Å². The summed E-state index contributed by atoms with van der Waals surface area (Å²) in [6.45, 7) is 5.03. The maximum atomic E-state index is 12.6. The first kappa shape index (κ1) is 16.6. The molecule has 0 radical (unpaired) electrons. The molecule has 3 rings (SSSR count). The summed E-state index contributed by atoms with van der Waals surface area (Å²) in [7, 11) is 1.57. The first-order chi connectivity index (χ1) is 11.5. The minimum absolute atomic E-state index is 0.0255. The summed E-state index contributed by atoms with van der Waals surface area (Å²) in [5.74, 6) is 1.76. The first-order valence-electron chi connectivity index (χ1n) is 8.33. The molecule has 1 fully saturated rings. The van der Waals surface area contributed by atoms with Gasteiger partial charge in [0.2, 0.25) is 0 Å². The Labute approximate surface area is 142 Å². The van der Waals surface area contributed by atoms with Crippen LogP contribution in [0.5, 0.6) is 0 Å². The van der Waals surface area contributed by atoms with E-state index in [0.717, 1.165) is 30.8 Å². The Morgan fingerprint density at radius 2 is 2.08 bits per heavy atom. The zero-order valence-corrected chi connectivity index (χ0v) is 14.5. The number of amides is 1. The average molecular weight is 328 g/mol. The second-order valence-corrected chi connectivity index (χ2v) is 6.72. The molecule has 2 heterocycles. The summed E-state index contributed by atoms with van der Waals surface area (Å²) in [5, 5.41) is 7.39. The van der Waals surface area contributed by atoms with Gasteiger partial charge >= 0.3 is 0 Å². The molecule has 0 unspecified atom stereocenters. The molecule has 6 nitrogen and oxygen atoms in total. The third-order valence-corrected chi connectivity index (χ3v) is 4.66. The lowest BCUT2D eigenvalue weighted by Crippen LogP contribution is -2.49. The van der Waals surface area contributed by atoms with E-state index in [1.54, 1.807) is 21.0 Å². The molecule has 1 saturated heterocycles. The molecular weight excluding hydrogens is 304 g/mol. The largest absolute Gasteiger partial charge is 0.369 e. The Hall–Kier alpha value is -2.21. The molecule has 1 aliphatic rings. The number of piperidine rings is 1. The number of H-pyrrole nitrogens is 1. The van der Waals surface area contributed by atoms with Crippen LogP contribution in [-0.2, 0) is 9.53 Å². The Balaban J connectivity index is 1.74. The van der Waals surface area contributed by atoms with E-state index in [-0.39, 0.29) is 11.8 Å². The van der Waals surface area contributed by atoms with Crippen LogP contribution >= 0.6 is 0 Å². The van der Waals surface area contributed by atoms with Crippen LogP contribution in [0.3, 0.4) is 0 Å². The average Bonchev–Trinajstić information content (AvgIpc) is 3.12. The van der Waals surface area contributed by atoms with Crippen molar-refractivity contribution in [2.75, 3.05) is 20.2 Å². The van der Waals surface area contributed by atoms with Gasteiger partial charge in [0.1, 0.15) is 11.4 Å². The number of nitrogens with zero attached hydrogens (tertiary/aromatic N) is 3. The van der Waals surface area contributed by atoms with E-state index >= 15 is 0 Å². The number of hydrogen-bond acceptors (Lipinski definition) is 4. The van der Waals surface area contributed by atoms with E-state index < -0.39 is 5.60 Å². The van der Waals surface area contributed by atoms with E-state index in [0.29, 0.717) is 12.4 Å². The summed E-state index contributed by atoms with van der Waals surface area (Å²) in [4.78, 5) is 19.1. The summed E-state index contributed by atoms with van der Waals surface area (Å²) < 4.78 is 5.33. The van der Waals surface area contributed by atoms with Crippen LogP contribution in [0.4, 0.5) is 0 Å². The molecular formula is C18H24N4O2. The van der Waals surface area contributed by atoms with Gasteiger partial charge in [-0.25, -0.2) is 4.98 Å². The number of ether oxygens (including phenoxy) is 1. The highest BCUT2D eigenvalue weighted by molar-refractivity contribution is 5.84. The first-order valence-corrected chi connectivity index (χ1v) is 8.33. The molecule has 0 aliphatic carbocycles. The number of methoxy groups -OCH3 is 1. The lowest BCUT2D eigenvalue weighted by atomic mass is 9.95. The third kappa shape index (κ3) is 3.33. The highest BCUT2D eigenvalue weighted by Crippen LogP contribution is 2.27. The molecule has 1 aromatic carbocycles. The zero-order valence-electron chi connectivity index (χ0n) is 14.5. The van der Waals surface area contributed by atoms with Crippen molar-refractivity contribution in [3.8, 4) is 11.4 Å². The highest BCUT2D eigenvalue weighted by Gasteiger charge is 2.35. The summed E-state index contributed by atoms with van der Waals surface area (Å²) in [6, 6.07) is 9.90. The Morgan fingerprint density at radius 1 is 1.33 bits per heavy atom. The van der Waals surface area contributed by atoms with Crippen LogP contribution in [0.2, 0.25) is 0 Å². The Morgan fingerprint density at radius 3 is 2.79 bits per heavy atom. The van der Waals surface area contributed by atoms with Gasteiger partial charge in [-0.15, -0.1) is 0 Å². The monoisotopic (exact) mass is 328 g/mol. The number of likely N-dealkylation sites (tertiary alicyclic amines) is 1. The number of carbonyl (C=O) groups is 1. The molecule has 1 N–H and O–H groups in total.